The second-order valence-electron chi connectivity index (χ2n) is 5.22. The Morgan fingerprint density at radius 2 is 2.06 bits per heavy atom. The molecule has 0 saturated heterocycles. The molecule has 1 saturated carbocycles. The van der Waals surface area contributed by atoms with Gasteiger partial charge in [-0.05, 0) is 31.6 Å². The third kappa shape index (κ3) is 2.64. The van der Waals surface area contributed by atoms with E-state index in [2.05, 4.69) is 24.3 Å². The summed E-state index contributed by atoms with van der Waals surface area (Å²) in [5, 5.41) is 7.64. The standard InChI is InChI=1S/C13H22N2O/c1-9-5-4-6-10(2)13(9)14-8-12-7-11(3)16-15-12/h7,9-10,13-14H,4-6,8H2,1-3H3. The molecule has 1 aromatic rings. The predicted octanol–water partition coefficient (Wildman–Crippen LogP) is 2.90. The quantitative estimate of drug-likeness (QED) is 0.854. The zero-order chi connectivity index (χ0) is 11.5. The molecule has 1 N–H and O–H groups in total. The highest BCUT2D eigenvalue weighted by Crippen LogP contribution is 2.28. The topological polar surface area (TPSA) is 38.1 Å². The number of aromatic nitrogens is 1. The molecule has 1 aliphatic carbocycles. The maximum absolute atomic E-state index is 5.07. The van der Waals surface area contributed by atoms with Crippen LogP contribution in [0, 0.1) is 18.8 Å². The highest BCUT2D eigenvalue weighted by atomic mass is 16.5. The smallest absolute Gasteiger partial charge is 0.133 e. The lowest BCUT2D eigenvalue weighted by molar-refractivity contribution is 0.206. The second kappa shape index (κ2) is 5.00. The fourth-order valence-corrected chi connectivity index (χ4v) is 2.81. The van der Waals surface area contributed by atoms with Crippen LogP contribution < -0.4 is 5.32 Å². The Morgan fingerprint density at radius 3 is 2.62 bits per heavy atom. The van der Waals surface area contributed by atoms with E-state index in [1.54, 1.807) is 0 Å². The van der Waals surface area contributed by atoms with Gasteiger partial charge in [-0.3, -0.25) is 0 Å². The highest BCUT2D eigenvalue weighted by molar-refractivity contribution is 5.03. The molecule has 0 bridgehead atoms. The van der Waals surface area contributed by atoms with E-state index in [0.29, 0.717) is 6.04 Å². The van der Waals surface area contributed by atoms with Gasteiger partial charge >= 0.3 is 0 Å². The van der Waals surface area contributed by atoms with E-state index in [9.17, 15) is 0 Å². The average molecular weight is 222 g/mol. The SMILES string of the molecule is Cc1cc(CNC2C(C)CCCC2C)no1. The van der Waals surface area contributed by atoms with Gasteiger partial charge in [0, 0.05) is 18.7 Å². The van der Waals surface area contributed by atoms with Crippen LogP contribution in [0.4, 0.5) is 0 Å². The van der Waals surface area contributed by atoms with Crippen molar-refractivity contribution in [2.24, 2.45) is 11.8 Å². The van der Waals surface area contributed by atoms with Crippen molar-refractivity contribution < 1.29 is 4.52 Å². The molecule has 2 rings (SSSR count). The van der Waals surface area contributed by atoms with Crippen LogP contribution in [0.5, 0.6) is 0 Å². The van der Waals surface area contributed by atoms with Gasteiger partial charge in [0.25, 0.3) is 0 Å². The van der Waals surface area contributed by atoms with Gasteiger partial charge in [-0.2, -0.15) is 0 Å². The van der Waals surface area contributed by atoms with Crippen LogP contribution in [0.15, 0.2) is 10.6 Å². The number of hydrogen-bond donors (Lipinski definition) is 1. The van der Waals surface area contributed by atoms with E-state index < -0.39 is 0 Å². The lowest BCUT2D eigenvalue weighted by Gasteiger charge is -2.35. The van der Waals surface area contributed by atoms with Crippen molar-refractivity contribution in [2.45, 2.75) is 52.6 Å². The van der Waals surface area contributed by atoms with Crippen LogP contribution in [-0.4, -0.2) is 11.2 Å². The summed E-state index contributed by atoms with van der Waals surface area (Å²) in [5.41, 5.74) is 1.02. The molecule has 0 aliphatic heterocycles. The monoisotopic (exact) mass is 222 g/mol. The summed E-state index contributed by atoms with van der Waals surface area (Å²) in [6.45, 7) is 7.46. The molecule has 2 atom stereocenters. The van der Waals surface area contributed by atoms with Gasteiger partial charge in [-0.25, -0.2) is 0 Å². The first-order valence-electron chi connectivity index (χ1n) is 6.32. The van der Waals surface area contributed by atoms with E-state index in [4.69, 9.17) is 4.52 Å². The third-order valence-electron chi connectivity index (χ3n) is 3.74. The van der Waals surface area contributed by atoms with Crippen LogP contribution in [-0.2, 0) is 6.54 Å². The lowest BCUT2D eigenvalue weighted by Crippen LogP contribution is -2.42. The van der Waals surface area contributed by atoms with Crippen LogP contribution in [0.1, 0.15) is 44.6 Å². The van der Waals surface area contributed by atoms with Gasteiger partial charge in [-0.15, -0.1) is 0 Å². The first-order valence-corrected chi connectivity index (χ1v) is 6.32. The molecule has 1 aromatic heterocycles. The average Bonchev–Trinajstić information content (AvgIpc) is 2.63. The summed E-state index contributed by atoms with van der Waals surface area (Å²) in [5.74, 6) is 2.44. The van der Waals surface area contributed by atoms with E-state index in [0.717, 1.165) is 29.8 Å². The summed E-state index contributed by atoms with van der Waals surface area (Å²) in [6, 6.07) is 2.64. The molecule has 0 aromatic carbocycles. The minimum absolute atomic E-state index is 0.630. The molecule has 1 heterocycles. The van der Waals surface area contributed by atoms with Gasteiger partial charge in [0.05, 0.1) is 5.69 Å². The van der Waals surface area contributed by atoms with Crippen molar-refractivity contribution in [2.75, 3.05) is 0 Å². The number of nitrogens with zero attached hydrogens (tertiary/aromatic N) is 1. The van der Waals surface area contributed by atoms with Gasteiger partial charge in [0.1, 0.15) is 5.76 Å². The number of hydrogen-bond acceptors (Lipinski definition) is 3. The van der Waals surface area contributed by atoms with E-state index >= 15 is 0 Å². The second-order valence-corrected chi connectivity index (χ2v) is 5.22. The minimum Gasteiger partial charge on any atom is -0.361 e. The fourth-order valence-electron chi connectivity index (χ4n) is 2.81. The van der Waals surface area contributed by atoms with Crippen LogP contribution in [0.3, 0.4) is 0 Å². The predicted molar refractivity (Wildman–Crippen MR) is 64.0 cm³/mol. The Balaban J connectivity index is 1.88. The van der Waals surface area contributed by atoms with Crippen LogP contribution >= 0.6 is 0 Å². The normalized spacial score (nSPS) is 30.6. The Morgan fingerprint density at radius 1 is 1.38 bits per heavy atom. The number of aryl methyl sites for hydroxylation is 1. The van der Waals surface area contributed by atoms with Gasteiger partial charge < -0.3 is 9.84 Å². The zero-order valence-electron chi connectivity index (χ0n) is 10.5. The largest absolute Gasteiger partial charge is 0.361 e. The van der Waals surface area contributed by atoms with Crippen LogP contribution in [0.25, 0.3) is 0 Å². The van der Waals surface area contributed by atoms with Crippen LogP contribution in [0.2, 0.25) is 0 Å². The Labute approximate surface area is 97.6 Å². The van der Waals surface area contributed by atoms with Gasteiger partial charge in [-0.1, -0.05) is 25.4 Å². The Hall–Kier alpha value is -0.830. The summed E-state index contributed by atoms with van der Waals surface area (Å²) in [7, 11) is 0. The zero-order valence-corrected chi connectivity index (χ0v) is 10.5. The van der Waals surface area contributed by atoms with E-state index in [1.165, 1.54) is 19.3 Å². The van der Waals surface area contributed by atoms with Crippen molar-refractivity contribution in [3.05, 3.63) is 17.5 Å². The maximum atomic E-state index is 5.07. The number of nitrogens with one attached hydrogen (secondary N) is 1. The summed E-state index contributed by atoms with van der Waals surface area (Å²) >= 11 is 0. The molecule has 0 spiro atoms. The molecular weight excluding hydrogens is 200 g/mol. The molecule has 3 nitrogen and oxygen atoms in total. The van der Waals surface area contributed by atoms with Crippen molar-refractivity contribution in [1.29, 1.82) is 0 Å². The van der Waals surface area contributed by atoms with Gasteiger partial charge in [0.2, 0.25) is 0 Å². The Bertz CT molecular complexity index is 324. The molecule has 90 valence electrons. The lowest BCUT2D eigenvalue weighted by atomic mass is 9.79. The molecule has 2 unspecified atom stereocenters. The van der Waals surface area contributed by atoms with E-state index in [1.807, 2.05) is 13.0 Å². The summed E-state index contributed by atoms with van der Waals surface area (Å²) < 4.78 is 5.07. The molecule has 0 radical (unpaired) electrons. The molecular formula is C13H22N2O. The Kier molecular flexibility index (Phi) is 3.64. The summed E-state index contributed by atoms with van der Waals surface area (Å²) in [6.07, 6.45) is 4.07. The molecule has 1 aliphatic rings. The fraction of sp³-hybridized carbons (Fsp3) is 0.769. The maximum Gasteiger partial charge on any atom is 0.133 e. The van der Waals surface area contributed by atoms with Crippen molar-refractivity contribution in [3.8, 4) is 0 Å². The molecule has 0 amide bonds. The summed E-state index contributed by atoms with van der Waals surface area (Å²) in [4.78, 5) is 0. The molecule has 3 heteroatoms. The van der Waals surface area contributed by atoms with Crippen molar-refractivity contribution in [1.82, 2.24) is 10.5 Å². The van der Waals surface area contributed by atoms with Crippen molar-refractivity contribution in [3.63, 3.8) is 0 Å². The minimum atomic E-state index is 0.630. The first kappa shape index (κ1) is 11.6. The molecule has 1 fully saturated rings. The molecule has 16 heavy (non-hydrogen) atoms. The number of rotatable bonds is 3. The third-order valence-corrected chi connectivity index (χ3v) is 3.74. The first-order chi connectivity index (χ1) is 7.66. The van der Waals surface area contributed by atoms with Gasteiger partial charge in [0.15, 0.2) is 0 Å². The van der Waals surface area contributed by atoms with E-state index in [-0.39, 0.29) is 0 Å². The van der Waals surface area contributed by atoms with Crippen molar-refractivity contribution >= 4 is 0 Å². The highest BCUT2D eigenvalue weighted by Gasteiger charge is 2.27.